The van der Waals surface area contributed by atoms with Crippen molar-refractivity contribution in [3.05, 3.63) is 87.9 Å². The number of non-ortho nitro benzene ring substituents is 1. The number of nitro groups is 1. The normalized spacial score (nSPS) is 10.9. The van der Waals surface area contributed by atoms with Crippen molar-refractivity contribution in [2.45, 2.75) is 4.90 Å². The molecule has 0 fully saturated rings. The lowest BCUT2D eigenvalue weighted by Gasteiger charge is -2.25. The first kappa shape index (κ1) is 23.0. The van der Waals surface area contributed by atoms with Crippen LogP contribution in [0.2, 0.25) is 5.02 Å². The fraction of sp³-hybridized carbons (Fsp3) is 0.0952. The van der Waals surface area contributed by atoms with Gasteiger partial charge in [-0.05, 0) is 30.3 Å². The summed E-state index contributed by atoms with van der Waals surface area (Å²) in [4.78, 5) is 23.3. The summed E-state index contributed by atoms with van der Waals surface area (Å²) < 4.78 is 32.6. The van der Waals surface area contributed by atoms with Crippen LogP contribution < -0.4 is 14.4 Å². The SMILES string of the molecule is COc1ccc([N+](=O)[O-])cc1NC(=O)CN(c1ccccc1Cl)S(=O)(=O)c1ccccc1. The van der Waals surface area contributed by atoms with Crippen LogP contribution in [0.25, 0.3) is 0 Å². The lowest BCUT2D eigenvalue weighted by Crippen LogP contribution is -2.38. The number of nitrogens with zero attached hydrogens (tertiary/aromatic N) is 2. The van der Waals surface area contributed by atoms with Crippen LogP contribution in [0.5, 0.6) is 5.75 Å². The van der Waals surface area contributed by atoms with Crippen molar-refractivity contribution >= 4 is 44.6 Å². The van der Waals surface area contributed by atoms with Crippen LogP contribution in [0.1, 0.15) is 0 Å². The molecule has 1 amide bonds. The molecule has 0 spiro atoms. The van der Waals surface area contributed by atoms with E-state index in [1.165, 1.54) is 43.5 Å². The number of sulfonamides is 1. The van der Waals surface area contributed by atoms with Gasteiger partial charge in [-0.2, -0.15) is 0 Å². The van der Waals surface area contributed by atoms with E-state index in [0.29, 0.717) is 0 Å². The van der Waals surface area contributed by atoms with Crippen LogP contribution in [0, 0.1) is 10.1 Å². The summed E-state index contributed by atoms with van der Waals surface area (Å²) in [6.07, 6.45) is 0. The van der Waals surface area contributed by atoms with Crippen molar-refractivity contribution < 1.29 is 22.9 Å². The van der Waals surface area contributed by atoms with Gasteiger partial charge < -0.3 is 10.1 Å². The van der Waals surface area contributed by atoms with Crippen LogP contribution >= 0.6 is 11.6 Å². The minimum Gasteiger partial charge on any atom is -0.495 e. The molecule has 3 rings (SSSR count). The number of rotatable bonds is 8. The molecule has 0 aliphatic heterocycles. The first-order valence-corrected chi connectivity index (χ1v) is 11.0. The maximum absolute atomic E-state index is 13.3. The number of halogens is 1. The number of ether oxygens (including phenoxy) is 1. The molecular formula is C21H18ClN3O6S. The van der Waals surface area contributed by atoms with E-state index >= 15 is 0 Å². The highest BCUT2D eigenvalue weighted by Gasteiger charge is 2.29. The first-order chi connectivity index (χ1) is 15.2. The summed E-state index contributed by atoms with van der Waals surface area (Å²) in [5.41, 5.74) is -0.122. The second kappa shape index (κ2) is 9.67. The number of para-hydroxylation sites is 1. The van der Waals surface area contributed by atoms with E-state index in [9.17, 15) is 23.3 Å². The van der Waals surface area contributed by atoms with Gasteiger partial charge in [-0.15, -0.1) is 0 Å². The summed E-state index contributed by atoms with van der Waals surface area (Å²) in [5.74, 6) is -0.567. The second-order valence-corrected chi connectivity index (χ2v) is 8.74. The third-order valence-corrected chi connectivity index (χ3v) is 6.50. The van der Waals surface area contributed by atoms with Gasteiger partial charge in [0.1, 0.15) is 12.3 Å². The maximum atomic E-state index is 13.3. The predicted molar refractivity (Wildman–Crippen MR) is 121 cm³/mol. The number of anilines is 2. The smallest absolute Gasteiger partial charge is 0.271 e. The Kier molecular flexibility index (Phi) is 6.96. The third-order valence-electron chi connectivity index (χ3n) is 4.41. The molecule has 9 nitrogen and oxygen atoms in total. The highest BCUT2D eigenvalue weighted by atomic mass is 35.5. The van der Waals surface area contributed by atoms with Crippen LogP contribution in [-0.2, 0) is 14.8 Å². The van der Waals surface area contributed by atoms with Gasteiger partial charge in [-0.3, -0.25) is 19.2 Å². The Morgan fingerprint density at radius 3 is 2.38 bits per heavy atom. The number of hydrogen-bond donors (Lipinski definition) is 1. The predicted octanol–water partition coefficient (Wildman–Crippen LogP) is 4.09. The quantitative estimate of drug-likeness (QED) is 0.387. The molecule has 0 heterocycles. The van der Waals surface area contributed by atoms with E-state index in [1.807, 2.05) is 0 Å². The van der Waals surface area contributed by atoms with E-state index in [0.717, 1.165) is 10.4 Å². The average Bonchev–Trinajstić information content (AvgIpc) is 2.78. The molecule has 0 unspecified atom stereocenters. The summed E-state index contributed by atoms with van der Waals surface area (Å²) in [6.45, 7) is -0.632. The van der Waals surface area contributed by atoms with E-state index in [1.54, 1.807) is 30.3 Å². The third kappa shape index (κ3) is 4.98. The monoisotopic (exact) mass is 475 g/mol. The zero-order valence-electron chi connectivity index (χ0n) is 16.8. The number of amides is 1. The number of hydrogen-bond acceptors (Lipinski definition) is 6. The number of nitro benzene ring substituents is 1. The Morgan fingerprint density at radius 1 is 1.09 bits per heavy atom. The van der Waals surface area contributed by atoms with Crippen molar-refractivity contribution in [2.75, 3.05) is 23.3 Å². The van der Waals surface area contributed by atoms with Crippen LogP contribution in [0.3, 0.4) is 0 Å². The molecule has 0 aromatic heterocycles. The van der Waals surface area contributed by atoms with Crippen LogP contribution in [0.15, 0.2) is 77.7 Å². The Morgan fingerprint density at radius 2 is 1.75 bits per heavy atom. The number of nitrogens with one attached hydrogen (secondary N) is 1. The Bertz CT molecular complexity index is 1250. The molecule has 11 heteroatoms. The fourth-order valence-corrected chi connectivity index (χ4v) is 4.65. The van der Waals surface area contributed by atoms with E-state index in [-0.39, 0.29) is 32.7 Å². The highest BCUT2D eigenvalue weighted by molar-refractivity contribution is 7.92. The largest absolute Gasteiger partial charge is 0.495 e. The maximum Gasteiger partial charge on any atom is 0.271 e. The standard InChI is InChI=1S/C21H18ClN3O6S/c1-31-20-12-11-15(25(27)28)13-18(20)23-21(26)14-24(19-10-6-5-9-17(19)22)32(29,30)16-7-3-2-4-8-16/h2-13H,14H2,1H3,(H,23,26). The van der Waals surface area contributed by atoms with E-state index < -0.39 is 27.4 Å². The van der Waals surface area contributed by atoms with E-state index in [2.05, 4.69) is 5.32 Å². The molecule has 166 valence electrons. The van der Waals surface area contributed by atoms with Crippen LogP contribution in [0.4, 0.5) is 17.1 Å². The van der Waals surface area contributed by atoms with Crippen molar-refractivity contribution in [1.29, 1.82) is 0 Å². The molecule has 0 radical (unpaired) electrons. The summed E-state index contributed by atoms with van der Waals surface area (Å²) in [7, 11) is -2.81. The topological polar surface area (TPSA) is 119 Å². The lowest BCUT2D eigenvalue weighted by molar-refractivity contribution is -0.384. The number of carbonyl (C=O) groups excluding carboxylic acids is 1. The van der Waals surface area contributed by atoms with Gasteiger partial charge in [-0.1, -0.05) is 41.9 Å². The highest BCUT2D eigenvalue weighted by Crippen LogP contribution is 2.32. The minimum atomic E-state index is -4.15. The molecule has 1 N–H and O–H groups in total. The molecule has 3 aromatic rings. The van der Waals surface area contributed by atoms with Crippen LogP contribution in [-0.4, -0.2) is 32.9 Å². The van der Waals surface area contributed by atoms with Crippen molar-refractivity contribution in [1.82, 2.24) is 0 Å². The summed E-state index contributed by atoms with van der Waals surface area (Å²) >= 11 is 6.23. The minimum absolute atomic E-state index is 0.0272. The van der Waals surface area contributed by atoms with Crippen molar-refractivity contribution in [2.24, 2.45) is 0 Å². The number of carbonyl (C=O) groups is 1. The van der Waals surface area contributed by atoms with Gasteiger partial charge in [-0.25, -0.2) is 8.42 Å². The molecule has 3 aromatic carbocycles. The van der Waals surface area contributed by atoms with Gasteiger partial charge >= 0.3 is 0 Å². The average molecular weight is 476 g/mol. The van der Waals surface area contributed by atoms with Gasteiger partial charge in [0.05, 0.1) is 33.3 Å². The van der Waals surface area contributed by atoms with Gasteiger partial charge in [0, 0.05) is 12.1 Å². The number of methoxy groups -OCH3 is 1. The summed E-state index contributed by atoms with van der Waals surface area (Å²) in [6, 6.07) is 17.5. The first-order valence-electron chi connectivity index (χ1n) is 9.18. The van der Waals surface area contributed by atoms with Gasteiger partial charge in [0.15, 0.2) is 0 Å². The van der Waals surface area contributed by atoms with Crippen molar-refractivity contribution in [3.63, 3.8) is 0 Å². The lowest BCUT2D eigenvalue weighted by atomic mass is 10.2. The molecule has 0 saturated carbocycles. The number of benzene rings is 3. The van der Waals surface area contributed by atoms with Gasteiger partial charge in [0.25, 0.3) is 15.7 Å². The molecule has 32 heavy (non-hydrogen) atoms. The summed E-state index contributed by atoms with van der Waals surface area (Å²) in [5, 5.41) is 13.7. The molecule has 0 saturated heterocycles. The molecule has 0 aliphatic carbocycles. The van der Waals surface area contributed by atoms with Crippen molar-refractivity contribution in [3.8, 4) is 5.75 Å². The molecular weight excluding hydrogens is 458 g/mol. The molecule has 0 bridgehead atoms. The Hall–Kier alpha value is -3.63. The second-order valence-electron chi connectivity index (χ2n) is 6.47. The zero-order chi connectivity index (χ0) is 23.3. The van der Waals surface area contributed by atoms with Gasteiger partial charge in [0.2, 0.25) is 5.91 Å². The Balaban J connectivity index is 1.98. The molecule has 0 atom stereocenters. The Labute approximate surface area is 189 Å². The molecule has 0 aliphatic rings. The zero-order valence-corrected chi connectivity index (χ0v) is 18.3. The fourth-order valence-electron chi connectivity index (χ4n) is 2.90. The van der Waals surface area contributed by atoms with E-state index in [4.69, 9.17) is 16.3 Å².